The Morgan fingerprint density at radius 2 is 1.75 bits per heavy atom. The Bertz CT molecular complexity index is 987. The predicted molar refractivity (Wildman–Crippen MR) is 89.1 cm³/mol. The van der Waals surface area contributed by atoms with Crippen LogP contribution in [0.5, 0.6) is 23.0 Å². The van der Waals surface area contributed by atoms with Crippen LogP contribution in [0.25, 0.3) is 22.1 Å². The predicted octanol–water partition coefficient (Wildman–Crippen LogP) is 3.20. The molecule has 6 heteroatoms. The molecule has 0 saturated carbocycles. The molecule has 0 amide bonds. The molecule has 0 radical (unpaired) electrons. The zero-order valence-corrected chi connectivity index (χ0v) is 13.4. The van der Waals surface area contributed by atoms with Gasteiger partial charge >= 0.3 is 0 Å². The van der Waals surface area contributed by atoms with Gasteiger partial charge in [0.2, 0.25) is 5.43 Å². The van der Waals surface area contributed by atoms with Crippen LogP contribution in [0.1, 0.15) is 5.56 Å². The number of fused-ring (bicyclic) bond motifs is 1. The minimum Gasteiger partial charge on any atom is -0.508 e. The zero-order chi connectivity index (χ0) is 17.4. The highest BCUT2D eigenvalue weighted by molar-refractivity contribution is 5.89. The Kier molecular flexibility index (Phi) is 3.81. The van der Waals surface area contributed by atoms with Gasteiger partial charge in [-0.25, -0.2) is 0 Å². The fraction of sp³-hybridized carbons (Fsp3) is 0.167. The minimum atomic E-state index is -0.403. The Labute approximate surface area is 137 Å². The van der Waals surface area contributed by atoms with Crippen LogP contribution in [0.3, 0.4) is 0 Å². The third kappa shape index (κ3) is 2.32. The molecule has 0 spiro atoms. The fourth-order valence-corrected chi connectivity index (χ4v) is 2.67. The number of rotatable bonds is 3. The van der Waals surface area contributed by atoms with E-state index in [0.29, 0.717) is 22.6 Å². The van der Waals surface area contributed by atoms with Gasteiger partial charge in [0.15, 0.2) is 0 Å². The van der Waals surface area contributed by atoms with Crippen molar-refractivity contribution in [2.24, 2.45) is 0 Å². The first-order valence-corrected chi connectivity index (χ1v) is 7.17. The van der Waals surface area contributed by atoms with Gasteiger partial charge < -0.3 is 24.1 Å². The Morgan fingerprint density at radius 3 is 2.42 bits per heavy atom. The van der Waals surface area contributed by atoms with Gasteiger partial charge in [0.25, 0.3) is 0 Å². The van der Waals surface area contributed by atoms with Gasteiger partial charge in [0.1, 0.15) is 40.2 Å². The molecule has 0 aliphatic heterocycles. The zero-order valence-electron chi connectivity index (χ0n) is 13.4. The van der Waals surface area contributed by atoms with Crippen molar-refractivity contribution in [2.75, 3.05) is 14.2 Å². The van der Waals surface area contributed by atoms with Gasteiger partial charge in [-0.1, -0.05) is 0 Å². The molecule has 3 aromatic rings. The summed E-state index contributed by atoms with van der Waals surface area (Å²) < 4.78 is 15.9. The summed E-state index contributed by atoms with van der Waals surface area (Å²) in [5.74, 6) is 0.589. The van der Waals surface area contributed by atoms with Crippen molar-refractivity contribution >= 4 is 11.0 Å². The molecule has 0 aliphatic carbocycles. The standard InChI is InChI=1S/C18H16O6/c1-9-13(19)5-4-11(18(9)23-3)12-8-24-15-7-10(22-2)6-14(20)16(15)17(12)21/h4-8,19-20H,1-3H3. The highest BCUT2D eigenvalue weighted by Crippen LogP contribution is 2.37. The Hall–Kier alpha value is -3.15. The normalized spacial score (nSPS) is 10.8. The van der Waals surface area contributed by atoms with E-state index in [1.54, 1.807) is 13.0 Å². The van der Waals surface area contributed by atoms with E-state index in [0.717, 1.165) is 0 Å². The molecule has 0 atom stereocenters. The number of hydrogen-bond donors (Lipinski definition) is 2. The van der Waals surface area contributed by atoms with Crippen molar-refractivity contribution in [3.05, 3.63) is 46.3 Å². The molecule has 1 heterocycles. The molecule has 2 N–H and O–H groups in total. The summed E-state index contributed by atoms with van der Waals surface area (Å²) in [6.45, 7) is 1.68. The highest BCUT2D eigenvalue weighted by Gasteiger charge is 2.19. The van der Waals surface area contributed by atoms with Crippen LogP contribution in [0.15, 0.2) is 39.7 Å². The number of phenolic OH excluding ortho intramolecular Hbond substituents is 2. The highest BCUT2D eigenvalue weighted by atomic mass is 16.5. The lowest BCUT2D eigenvalue weighted by Crippen LogP contribution is -2.06. The average molecular weight is 328 g/mol. The molecule has 0 saturated heterocycles. The SMILES string of the molecule is COc1cc(O)c2c(=O)c(-c3ccc(O)c(C)c3OC)coc2c1. The van der Waals surface area contributed by atoms with Crippen molar-refractivity contribution < 1.29 is 24.1 Å². The van der Waals surface area contributed by atoms with Crippen LogP contribution in [0, 0.1) is 6.92 Å². The maximum absolute atomic E-state index is 12.8. The van der Waals surface area contributed by atoms with Crippen LogP contribution < -0.4 is 14.9 Å². The van der Waals surface area contributed by atoms with Gasteiger partial charge in [-0.3, -0.25) is 4.79 Å². The Balaban J connectivity index is 2.34. The van der Waals surface area contributed by atoms with Crippen LogP contribution in [-0.4, -0.2) is 24.4 Å². The molecule has 124 valence electrons. The molecule has 1 aromatic heterocycles. The van der Waals surface area contributed by atoms with Gasteiger partial charge in [0, 0.05) is 23.3 Å². The smallest absolute Gasteiger partial charge is 0.204 e. The number of aromatic hydroxyl groups is 2. The van der Waals surface area contributed by atoms with Crippen molar-refractivity contribution in [3.8, 4) is 34.1 Å². The molecule has 0 unspecified atom stereocenters. The van der Waals surface area contributed by atoms with E-state index in [9.17, 15) is 15.0 Å². The van der Waals surface area contributed by atoms with E-state index >= 15 is 0 Å². The van der Waals surface area contributed by atoms with Crippen molar-refractivity contribution in [2.45, 2.75) is 6.92 Å². The maximum Gasteiger partial charge on any atom is 0.204 e. The molecular weight excluding hydrogens is 312 g/mol. The van der Waals surface area contributed by atoms with Crippen LogP contribution in [-0.2, 0) is 0 Å². The molecule has 24 heavy (non-hydrogen) atoms. The summed E-state index contributed by atoms with van der Waals surface area (Å²) in [5, 5.41) is 20.0. The molecule has 6 nitrogen and oxygen atoms in total. The van der Waals surface area contributed by atoms with E-state index in [2.05, 4.69) is 0 Å². The number of hydrogen-bond acceptors (Lipinski definition) is 6. The fourth-order valence-electron chi connectivity index (χ4n) is 2.67. The van der Waals surface area contributed by atoms with Crippen molar-refractivity contribution in [1.82, 2.24) is 0 Å². The van der Waals surface area contributed by atoms with Crippen LogP contribution in [0.4, 0.5) is 0 Å². The van der Waals surface area contributed by atoms with E-state index in [1.165, 1.54) is 38.7 Å². The lowest BCUT2D eigenvalue weighted by Gasteiger charge is -2.13. The lowest BCUT2D eigenvalue weighted by molar-refractivity contribution is 0.404. The van der Waals surface area contributed by atoms with Crippen LogP contribution in [0.2, 0.25) is 0 Å². The number of benzene rings is 2. The maximum atomic E-state index is 12.8. The van der Waals surface area contributed by atoms with Gasteiger partial charge in [-0.2, -0.15) is 0 Å². The monoisotopic (exact) mass is 328 g/mol. The third-order valence-corrected chi connectivity index (χ3v) is 3.94. The van der Waals surface area contributed by atoms with E-state index in [-0.39, 0.29) is 28.0 Å². The summed E-state index contributed by atoms with van der Waals surface area (Å²) >= 11 is 0. The van der Waals surface area contributed by atoms with E-state index < -0.39 is 5.43 Å². The van der Waals surface area contributed by atoms with Gasteiger partial charge in [0.05, 0.1) is 19.8 Å². The first kappa shape index (κ1) is 15.7. The summed E-state index contributed by atoms with van der Waals surface area (Å²) in [4.78, 5) is 12.8. The number of phenols is 2. The second-order valence-corrected chi connectivity index (χ2v) is 5.29. The topological polar surface area (TPSA) is 89.1 Å². The number of methoxy groups -OCH3 is 2. The third-order valence-electron chi connectivity index (χ3n) is 3.94. The largest absolute Gasteiger partial charge is 0.508 e. The molecule has 0 fully saturated rings. The average Bonchev–Trinajstić information content (AvgIpc) is 2.57. The summed E-state index contributed by atoms with van der Waals surface area (Å²) in [6.07, 6.45) is 1.30. The molecule has 2 aromatic carbocycles. The lowest BCUT2D eigenvalue weighted by atomic mass is 10.0. The van der Waals surface area contributed by atoms with E-state index in [4.69, 9.17) is 13.9 Å². The summed E-state index contributed by atoms with van der Waals surface area (Å²) in [6, 6.07) is 5.92. The molecule has 0 aliphatic rings. The first-order chi connectivity index (χ1) is 11.5. The van der Waals surface area contributed by atoms with E-state index in [1.807, 2.05) is 0 Å². The summed E-state index contributed by atoms with van der Waals surface area (Å²) in [5.41, 5.74) is 1.02. The molecule has 0 bridgehead atoms. The summed E-state index contributed by atoms with van der Waals surface area (Å²) in [7, 11) is 2.91. The Morgan fingerprint density at radius 1 is 1.00 bits per heavy atom. The number of ether oxygens (including phenoxy) is 2. The van der Waals surface area contributed by atoms with Crippen molar-refractivity contribution in [3.63, 3.8) is 0 Å². The van der Waals surface area contributed by atoms with Gasteiger partial charge in [-0.15, -0.1) is 0 Å². The van der Waals surface area contributed by atoms with Crippen molar-refractivity contribution in [1.29, 1.82) is 0 Å². The quantitative estimate of drug-likeness (QED) is 0.767. The minimum absolute atomic E-state index is 0.0566. The molecular formula is C18H16O6. The first-order valence-electron chi connectivity index (χ1n) is 7.17. The molecule has 3 rings (SSSR count). The van der Waals surface area contributed by atoms with Crippen LogP contribution >= 0.6 is 0 Å². The van der Waals surface area contributed by atoms with Gasteiger partial charge in [-0.05, 0) is 19.1 Å². The second-order valence-electron chi connectivity index (χ2n) is 5.29. The second kappa shape index (κ2) is 5.81.